The van der Waals surface area contributed by atoms with Gasteiger partial charge in [-0.1, -0.05) is 37.0 Å². The molecule has 2 fully saturated rings. The highest BCUT2D eigenvalue weighted by Crippen LogP contribution is 2.31. The summed E-state index contributed by atoms with van der Waals surface area (Å²) >= 11 is 0. The third-order valence-corrected chi connectivity index (χ3v) is 8.22. The van der Waals surface area contributed by atoms with E-state index in [-0.39, 0.29) is 29.3 Å². The van der Waals surface area contributed by atoms with E-state index < -0.39 is 27.0 Å². The summed E-state index contributed by atoms with van der Waals surface area (Å²) in [6, 6.07) is 5.80. The van der Waals surface area contributed by atoms with Crippen molar-refractivity contribution in [2.75, 3.05) is 0 Å². The van der Waals surface area contributed by atoms with Crippen LogP contribution in [0, 0.1) is 6.92 Å². The normalized spacial score (nSPS) is 22.1. The SMILES string of the molecule is Cc1ccc(S(=O)(=O)[C@H](C(=O)NC2CCCCC2)[C@@H]2CCC(=O)N2C(C)C)cc1. The summed E-state index contributed by atoms with van der Waals surface area (Å²) in [5, 5.41) is 1.71. The Labute approximate surface area is 174 Å². The van der Waals surface area contributed by atoms with Crippen molar-refractivity contribution in [3.05, 3.63) is 29.8 Å². The predicted molar refractivity (Wildman–Crippen MR) is 112 cm³/mol. The number of sulfone groups is 1. The van der Waals surface area contributed by atoms with Crippen LogP contribution < -0.4 is 5.32 Å². The minimum absolute atomic E-state index is 0.0107. The largest absolute Gasteiger partial charge is 0.352 e. The number of hydrogen-bond acceptors (Lipinski definition) is 4. The number of likely N-dealkylation sites (tertiary alicyclic amines) is 1. The van der Waals surface area contributed by atoms with E-state index in [2.05, 4.69) is 5.32 Å². The summed E-state index contributed by atoms with van der Waals surface area (Å²) in [4.78, 5) is 27.5. The van der Waals surface area contributed by atoms with Crippen molar-refractivity contribution < 1.29 is 18.0 Å². The summed E-state index contributed by atoms with van der Waals surface area (Å²) in [5.41, 5.74) is 0.951. The molecular weight excluding hydrogens is 388 g/mol. The van der Waals surface area contributed by atoms with Crippen LogP contribution in [0.3, 0.4) is 0 Å². The van der Waals surface area contributed by atoms with Gasteiger partial charge in [-0.25, -0.2) is 8.42 Å². The Kier molecular flexibility index (Phi) is 6.66. The number of hydrogen-bond donors (Lipinski definition) is 1. The number of amides is 2. The van der Waals surface area contributed by atoms with Gasteiger partial charge in [0.15, 0.2) is 15.1 Å². The Morgan fingerprint density at radius 2 is 1.69 bits per heavy atom. The van der Waals surface area contributed by atoms with Gasteiger partial charge >= 0.3 is 0 Å². The van der Waals surface area contributed by atoms with Crippen LogP contribution in [0.1, 0.15) is 64.4 Å². The highest BCUT2D eigenvalue weighted by Gasteiger charge is 2.48. The molecule has 1 aliphatic heterocycles. The smallest absolute Gasteiger partial charge is 0.241 e. The molecule has 29 heavy (non-hydrogen) atoms. The van der Waals surface area contributed by atoms with Crippen LogP contribution in [0.25, 0.3) is 0 Å². The number of nitrogens with zero attached hydrogens (tertiary/aromatic N) is 1. The van der Waals surface area contributed by atoms with Crippen LogP contribution in [0.2, 0.25) is 0 Å². The van der Waals surface area contributed by atoms with Crippen LogP contribution >= 0.6 is 0 Å². The fourth-order valence-electron chi connectivity index (χ4n) is 4.62. The first-order valence-corrected chi connectivity index (χ1v) is 12.2. The van der Waals surface area contributed by atoms with Crippen LogP contribution in [-0.2, 0) is 19.4 Å². The van der Waals surface area contributed by atoms with E-state index in [4.69, 9.17) is 0 Å². The average Bonchev–Trinajstić information content (AvgIpc) is 3.04. The second kappa shape index (κ2) is 8.86. The third-order valence-electron chi connectivity index (χ3n) is 6.10. The van der Waals surface area contributed by atoms with Crippen LogP contribution in [0.5, 0.6) is 0 Å². The first kappa shape index (κ1) is 21.8. The molecule has 1 aromatic rings. The Morgan fingerprint density at radius 1 is 1.07 bits per heavy atom. The minimum Gasteiger partial charge on any atom is -0.352 e. The molecule has 1 N–H and O–H groups in total. The van der Waals surface area contributed by atoms with Crippen molar-refractivity contribution in [2.24, 2.45) is 0 Å². The first-order valence-electron chi connectivity index (χ1n) is 10.6. The number of aryl methyl sites for hydroxylation is 1. The van der Waals surface area contributed by atoms with Gasteiger partial charge in [0.05, 0.1) is 10.9 Å². The lowest BCUT2D eigenvalue weighted by Gasteiger charge is -2.34. The van der Waals surface area contributed by atoms with Crippen molar-refractivity contribution in [3.8, 4) is 0 Å². The van der Waals surface area contributed by atoms with E-state index in [1.165, 1.54) is 0 Å². The van der Waals surface area contributed by atoms with Crippen LogP contribution in [0.4, 0.5) is 0 Å². The van der Waals surface area contributed by atoms with Crippen molar-refractivity contribution in [1.82, 2.24) is 10.2 Å². The van der Waals surface area contributed by atoms with Crippen molar-refractivity contribution in [3.63, 3.8) is 0 Å². The quantitative estimate of drug-likeness (QED) is 0.767. The van der Waals surface area contributed by atoms with Crippen LogP contribution in [0.15, 0.2) is 29.2 Å². The zero-order valence-corrected chi connectivity index (χ0v) is 18.4. The monoisotopic (exact) mass is 420 g/mol. The second-order valence-electron chi connectivity index (χ2n) is 8.62. The Bertz CT molecular complexity index is 842. The molecule has 3 rings (SSSR count). The lowest BCUT2D eigenvalue weighted by atomic mass is 9.95. The molecule has 1 heterocycles. The highest BCUT2D eigenvalue weighted by atomic mass is 32.2. The molecule has 1 saturated heterocycles. The molecular formula is C22H32N2O4S. The molecule has 0 unspecified atom stereocenters. The number of nitrogens with one attached hydrogen (secondary N) is 1. The lowest BCUT2D eigenvalue weighted by molar-refractivity contribution is -0.131. The molecule has 2 aliphatic rings. The molecule has 0 aromatic heterocycles. The summed E-state index contributed by atoms with van der Waals surface area (Å²) in [7, 11) is -3.95. The molecule has 0 spiro atoms. The summed E-state index contributed by atoms with van der Waals surface area (Å²) < 4.78 is 27.2. The van der Waals surface area contributed by atoms with Gasteiger partial charge in [0.2, 0.25) is 11.8 Å². The Hall–Kier alpha value is -1.89. The van der Waals surface area contributed by atoms with Gasteiger partial charge in [0.25, 0.3) is 0 Å². The lowest BCUT2D eigenvalue weighted by Crippen LogP contribution is -2.55. The summed E-state index contributed by atoms with van der Waals surface area (Å²) in [6.45, 7) is 5.62. The topological polar surface area (TPSA) is 83.5 Å². The summed E-state index contributed by atoms with van der Waals surface area (Å²) in [5.74, 6) is -0.553. The molecule has 7 heteroatoms. The van der Waals surface area contributed by atoms with Gasteiger partial charge in [0.1, 0.15) is 0 Å². The van der Waals surface area contributed by atoms with Gasteiger partial charge in [-0.15, -0.1) is 0 Å². The van der Waals surface area contributed by atoms with E-state index in [0.29, 0.717) is 6.42 Å². The molecule has 2 amide bonds. The zero-order valence-electron chi connectivity index (χ0n) is 17.6. The number of carbonyl (C=O) groups is 2. The molecule has 2 atom stereocenters. The first-order chi connectivity index (χ1) is 13.7. The number of carbonyl (C=O) groups excluding carboxylic acids is 2. The maximum absolute atomic E-state index is 13.6. The third kappa shape index (κ3) is 4.65. The molecule has 1 aromatic carbocycles. The molecule has 1 aliphatic carbocycles. The molecule has 160 valence electrons. The van der Waals surface area contributed by atoms with E-state index in [9.17, 15) is 18.0 Å². The maximum Gasteiger partial charge on any atom is 0.241 e. The van der Waals surface area contributed by atoms with Crippen molar-refractivity contribution >= 4 is 21.7 Å². The second-order valence-corrected chi connectivity index (χ2v) is 10.7. The van der Waals surface area contributed by atoms with Gasteiger partial charge in [0, 0.05) is 18.5 Å². The van der Waals surface area contributed by atoms with Gasteiger partial charge in [-0.05, 0) is 52.2 Å². The van der Waals surface area contributed by atoms with Gasteiger partial charge in [-0.3, -0.25) is 9.59 Å². The van der Waals surface area contributed by atoms with Crippen molar-refractivity contribution in [2.45, 2.75) is 94.0 Å². The standard InChI is InChI=1S/C22H32N2O4S/c1-15(2)24-19(13-14-20(24)25)21(22(26)23-17-7-5-4-6-8-17)29(27,28)18-11-9-16(3)10-12-18/h9-12,15,17,19,21H,4-8,13-14H2,1-3H3,(H,23,26)/t19-,21-/m0/s1. The van der Waals surface area contributed by atoms with E-state index in [0.717, 1.165) is 37.7 Å². The number of rotatable bonds is 6. The highest BCUT2D eigenvalue weighted by molar-refractivity contribution is 7.92. The van der Waals surface area contributed by atoms with E-state index in [1.807, 2.05) is 20.8 Å². The van der Waals surface area contributed by atoms with E-state index in [1.54, 1.807) is 29.2 Å². The van der Waals surface area contributed by atoms with E-state index >= 15 is 0 Å². The molecule has 0 bridgehead atoms. The molecule has 1 saturated carbocycles. The zero-order chi connectivity index (χ0) is 21.2. The predicted octanol–water partition coefficient (Wildman–Crippen LogP) is 2.99. The maximum atomic E-state index is 13.6. The Balaban J connectivity index is 1.97. The fourth-order valence-corrected chi connectivity index (χ4v) is 6.46. The van der Waals surface area contributed by atoms with Crippen LogP contribution in [-0.4, -0.2) is 48.5 Å². The van der Waals surface area contributed by atoms with Gasteiger partial charge < -0.3 is 10.2 Å². The summed E-state index contributed by atoms with van der Waals surface area (Å²) in [6.07, 6.45) is 5.64. The molecule has 6 nitrogen and oxygen atoms in total. The fraction of sp³-hybridized carbons (Fsp3) is 0.636. The minimum atomic E-state index is -3.95. The Morgan fingerprint density at radius 3 is 2.28 bits per heavy atom. The average molecular weight is 421 g/mol. The molecule has 0 radical (unpaired) electrons. The van der Waals surface area contributed by atoms with Gasteiger partial charge in [-0.2, -0.15) is 0 Å². The number of benzene rings is 1. The van der Waals surface area contributed by atoms with Crippen molar-refractivity contribution in [1.29, 1.82) is 0 Å².